The number of allylic oxidation sites excluding steroid dienone is 2. The van der Waals surface area contributed by atoms with Crippen LogP contribution >= 0.6 is 0 Å². The van der Waals surface area contributed by atoms with Crippen molar-refractivity contribution in [2.45, 2.75) is 65.5 Å². The number of benzene rings is 1. The molecule has 2 rings (SSSR count). The van der Waals surface area contributed by atoms with Gasteiger partial charge in [-0.05, 0) is 77.2 Å². The van der Waals surface area contributed by atoms with Crippen molar-refractivity contribution in [2.24, 2.45) is 0 Å². The highest BCUT2D eigenvalue weighted by Crippen LogP contribution is 2.28. The average molecular weight is 318 g/mol. The third kappa shape index (κ3) is 4.57. The molecule has 1 aromatic rings. The van der Waals surface area contributed by atoms with E-state index in [1.54, 1.807) is 12.1 Å². The summed E-state index contributed by atoms with van der Waals surface area (Å²) in [6.45, 7) is 8.03. The van der Waals surface area contributed by atoms with Gasteiger partial charge >= 0.3 is 0 Å². The molecule has 0 unspecified atom stereocenters. The molecule has 0 fully saturated rings. The average Bonchev–Trinajstić information content (AvgIpc) is 2.48. The van der Waals surface area contributed by atoms with E-state index in [1.165, 1.54) is 6.07 Å². The molecule has 0 aromatic heterocycles. The fraction of sp³-hybridized carbons (Fsp3) is 0.526. The van der Waals surface area contributed by atoms with E-state index in [9.17, 15) is 4.39 Å². The predicted octanol–water partition coefficient (Wildman–Crippen LogP) is 4.81. The van der Waals surface area contributed by atoms with Crippen molar-refractivity contribution in [3.05, 3.63) is 40.8 Å². The van der Waals surface area contributed by atoms with E-state index in [-0.39, 0.29) is 17.6 Å². The van der Waals surface area contributed by atoms with Crippen molar-refractivity contribution in [1.82, 2.24) is 5.32 Å². The van der Waals surface area contributed by atoms with Gasteiger partial charge in [0.1, 0.15) is 11.6 Å². The topological polar surface area (TPSA) is 45.1 Å². The minimum absolute atomic E-state index is 0.0227. The Morgan fingerprint density at radius 2 is 1.87 bits per heavy atom. The summed E-state index contributed by atoms with van der Waals surface area (Å²) in [5.41, 5.74) is 2.62. The van der Waals surface area contributed by atoms with E-state index >= 15 is 0 Å². The zero-order chi connectivity index (χ0) is 17.0. The standard InChI is InChI=1S/C19H27FN2O/c1-12(2)22-18-8-6-5-7-15(18)19(21)16-11-14(23-13(3)4)9-10-17(16)20/h9-13,21-22H,5-8H2,1-4H3. The smallest absolute Gasteiger partial charge is 0.132 e. The van der Waals surface area contributed by atoms with E-state index in [1.807, 2.05) is 13.8 Å². The fourth-order valence-corrected chi connectivity index (χ4v) is 2.89. The van der Waals surface area contributed by atoms with Crippen LogP contribution in [-0.4, -0.2) is 17.9 Å². The van der Waals surface area contributed by atoms with Crippen LogP contribution in [0.15, 0.2) is 29.5 Å². The quantitative estimate of drug-likeness (QED) is 0.740. The van der Waals surface area contributed by atoms with Crippen molar-refractivity contribution in [3.63, 3.8) is 0 Å². The second-order valence-electron chi connectivity index (χ2n) is 6.65. The second kappa shape index (κ2) is 7.62. The lowest BCUT2D eigenvalue weighted by molar-refractivity contribution is 0.242. The molecule has 0 radical (unpaired) electrons. The Morgan fingerprint density at radius 1 is 1.17 bits per heavy atom. The molecule has 2 N–H and O–H groups in total. The van der Waals surface area contributed by atoms with Crippen LogP contribution in [0.25, 0.3) is 0 Å². The molecule has 1 aromatic carbocycles. The van der Waals surface area contributed by atoms with Crippen molar-refractivity contribution < 1.29 is 9.13 Å². The molecular formula is C19H27FN2O. The molecule has 0 atom stereocenters. The minimum Gasteiger partial charge on any atom is -0.491 e. The van der Waals surface area contributed by atoms with Crippen LogP contribution in [-0.2, 0) is 0 Å². The van der Waals surface area contributed by atoms with Crippen LogP contribution in [0.2, 0.25) is 0 Å². The number of hydrogen-bond acceptors (Lipinski definition) is 3. The van der Waals surface area contributed by atoms with Gasteiger partial charge in [-0.1, -0.05) is 0 Å². The third-order valence-corrected chi connectivity index (χ3v) is 3.81. The molecule has 126 valence electrons. The molecule has 0 aliphatic heterocycles. The number of hydrogen-bond donors (Lipinski definition) is 2. The Balaban J connectivity index is 2.35. The molecule has 0 saturated heterocycles. The van der Waals surface area contributed by atoms with Crippen molar-refractivity contribution in [3.8, 4) is 5.75 Å². The van der Waals surface area contributed by atoms with Crippen LogP contribution in [0.1, 0.15) is 58.9 Å². The summed E-state index contributed by atoms with van der Waals surface area (Å²) in [6.07, 6.45) is 3.94. The molecule has 4 heteroatoms. The van der Waals surface area contributed by atoms with Crippen molar-refractivity contribution in [1.29, 1.82) is 5.41 Å². The first kappa shape index (κ1) is 17.5. The van der Waals surface area contributed by atoms with Crippen LogP contribution in [0.4, 0.5) is 4.39 Å². The molecule has 1 aliphatic rings. The summed E-state index contributed by atoms with van der Waals surface area (Å²) in [5.74, 6) is 0.240. The number of halogens is 1. The molecule has 0 heterocycles. The molecule has 0 saturated carbocycles. The molecule has 0 spiro atoms. The lowest BCUT2D eigenvalue weighted by Gasteiger charge is -2.24. The molecule has 0 bridgehead atoms. The van der Waals surface area contributed by atoms with E-state index in [0.29, 0.717) is 17.4 Å². The lowest BCUT2D eigenvalue weighted by Crippen LogP contribution is -2.27. The van der Waals surface area contributed by atoms with Gasteiger partial charge in [0.2, 0.25) is 0 Å². The Kier molecular flexibility index (Phi) is 5.80. The summed E-state index contributed by atoms with van der Waals surface area (Å²) in [6, 6.07) is 4.97. The van der Waals surface area contributed by atoms with Gasteiger partial charge in [0.05, 0.1) is 11.8 Å². The minimum atomic E-state index is -0.368. The number of ether oxygens (including phenoxy) is 1. The van der Waals surface area contributed by atoms with Crippen LogP contribution in [0, 0.1) is 11.2 Å². The zero-order valence-corrected chi connectivity index (χ0v) is 14.5. The maximum atomic E-state index is 14.3. The van der Waals surface area contributed by atoms with Gasteiger partial charge in [-0.3, -0.25) is 5.41 Å². The highest BCUT2D eigenvalue weighted by molar-refractivity contribution is 6.11. The number of nitrogens with one attached hydrogen (secondary N) is 2. The summed E-state index contributed by atoms with van der Waals surface area (Å²) in [7, 11) is 0. The highest BCUT2D eigenvalue weighted by atomic mass is 19.1. The van der Waals surface area contributed by atoms with E-state index in [2.05, 4.69) is 19.2 Å². The highest BCUT2D eigenvalue weighted by Gasteiger charge is 2.21. The van der Waals surface area contributed by atoms with Gasteiger partial charge in [-0.2, -0.15) is 0 Å². The van der Waals surface area contributed by atoms with Crippen LogP contribution < -0.4 is 10.1 Å². The Bertz CT molecular complexity index is 605. The van der Waals surface area contributed by atoms with E-state index in [4.69, 9.17) is 10.1 Å². The fourth-order valence-electron chi connectivity index (χ4n) is 2.89. The molecule has 1 aliphatic carbocycles. The summed E-state index contributed by atoms with van der Waals surface area (Å²) in [5, 5.41) is 12.0. The van der Waals surface area contributed by atoms with Crippen molar-refractivity contribution >= 4 is 5.71 Å². The van der Waals surface area contributed by atoms with E-state index in [0.717, 1.165) is 37.0 Å². The first-order valence-corrected chi connectivity index (χ1v) is 8.42. The SMILES string of the molecule is CC(C)NC1=C(C(=N)c2cc(OC(C)C)ccc2F)CCCC1. The Labute approximate surface area is 138 Å². The van der Waals surface area contributed by atoms with Gasteiger partial charge in [0.15, 0.2) is 0 Å². The second-order valence-corrected chi connectivity index (χ2v) is 6.65. The Hall–Kier alpha value is -1.84. The maximum absolute atomic E-state index is 14.3. The summed E-state index contributed by atoms with van der Waals surface area (Å²) in [4.78, 5) is 0. The molecule has 3 nitrogen and oxygen atoms in total. The van der Waals surface area contributed by atoms with Crippen LogP contribution in [0.3, 0.4) is 0 Å². The van der Waals surface area contributed by atoms with Gasteiger partial charge in [0, 0.05) is 17.3 Å². The van der Waals surface area contributed by atoms with Crippen LogP contribution in [0.5, 0.6) is 5.75 Å². The van der Waals surface area contributed by atoms with Gasteiger partial charge in [0.25, 0.3) is 0 Å². The Morgan fingerprint density at radius 3 is 2.52 bits per heavy atom. The third-order valence-electron chi connectivity index (χ3n) is 3.81. The largest absolute Gasteiger partial charge is 0.491 e. The monoisotopic (exact) mass is 318 g/mol. The first-order valence-electron chi connectivity index (χ1n) is 8.42. The maximum Gasteiger partial charge on any atom is 0.132 e. The summed E-state index contributed by atoms with van der Waals surface area (Å²) >= 11 is 0. The van der Waals surface area contributed by atoms with Gasteiger partial charge < -0.3 is 10.1 Å². The molecule has 23 heavy (non-hydrogen) atoms. The zero-order valence-electron chi connectivity index (χ0n) is 14.5. The molecular weight excluding hydrogens is 291 g/mol. The molecule has 0 amide bonds. The van der Waals surface area contributed by atoms with Crippen molar-refractivity contribution in [2.75, 3.05) is 0 Å². The van der Waals surface area contributed by atoms with Gasteiger partial charge in [-0.15, -0.1) is 0 Å². The normalized spacial score (nSPS) is 15.3. The predicted molar refractivity (Wildman–Crippen MR) is 92.8 cm³/mol. The van der Waals surface area contributed by atoms with Gasteiger partial charge in [-0.25, -0.2) is 4.39 Å². The van der Waals surface area contributed by atoms with E-state index < -0.39 is 0 Å². The lowest BCUT2D eigenvalue weighted by atomic mass is 9.89. The first-order chi connectivity index (χ1) is 10.9. The summed E-state index contributed by atoms with van der Waals surface area (Å²) < 4.78 is 19.9. The number of rotatable bonds is 6.